The summed E-state index contributed by atoms with van der Waals surface area (Å²) in [5.41, 5.74) is 1.45. The van der Waals surface area contributed by atoms with Gasteiger partial charge in [-0.3, -0.25) is 4.79 Å². The standard InChI is InChI=1S/C28H33FN2O5S/c1-3-35-18-7-17-31(37(33,34)19-16-24-8-5-4-6-9-24)22-28(32)30(21-27-15-10-23(2)36-27)20-25-11-13-26(29)14-12-25/h4-6,8-16,19H,3,7,17-18,20-22H2,1-2H3. The van der Waals surface area contributed by atoms with Crippen molar-refractivity contribution >= 4 is 22.0 Å². The van der Waals surface area contributed by atoms with Crippen LogP contribution in [-0.4, -0.2) is 49.8 Å². The molecule has 198 valence electrons. The number of hydrogen-bond donors (Lipinski definition) is 0. The van der Waals surface area contributed by atoms with Crippen LogP contribution in [0.25, 0.3) is 6.08 Å². The highest BCUT2D eigenvalue weighted by atomic mass is 32.2. The highest BCUT2D eigenvalue weighted by Gasteiger charge is 2.26. The number of sulfonamides is 1. The number of aryl methyl sites for hydroxylation is 1. The molecule has 0 unspecified atom stereocenters. The molecule has 37 heavy (non-hydrogen) atoms. The number of hydrogen-bond acceptors (Lipinski definition) is 5. The number of ether oxygens (including phenoxy) is 1. The van der Waals surface area contributed by atoms with Crippen LogP contribution in [-0.2, 0) is 32.6 Å². The Morgan fingerprint density at radius 2 is 1.76 bits per heavy atom. The fourth-order valence-corrected chi connectivity index (χ4v) is 4.83. The maximum Gasteiger partial charge on any atom is 0.238 e. The zero-order valence-corrected chi connectivity index (χ0v) is 22.0. The van der Waals surface area contributed by atoms with Gasteiger partial charge in [0, 0.05) is 31.7 Å². The van der Waals surface area contributed by atoms with Crippen molar-refractivity contribution in [3.8, 4) is 0 Å². The topological polar surface area (TPSA) is 80.1 Å². The van der Waals surface area contributed by atoms with Gasteiger partial charge in [-0.05, 0) is 61.7 Å². The fourth-order valence-electron chi connectivity index (χ4n) is 3.65. The smallest absolute Gasteiger partial charge is 0.238 e. The average molecular weight is 529 g/mol. The number of benzene rings is 2. The van der Waals surface area contributed by atoms with Gasteiger partial charge in [-0.25, -0.2) is 12.8 Å². The first-order valence-corrected chi connectivity index (χ1v) is 13.7. The SMILES string of the molecule is CCOCCCN(CC(=O)N(Cc1ccc(F)cc1)Cc1ccc(C)o1)S(=O)(=O)C=Cc1ccccc1. The Kier molecular flexibility index (Phi) is 10.6. The molecule has 0 saturated carbocycles. The lowest BCUT2D eigenvalue weighted by atomic mass is 10.2. The zero-order chi connectivity index (χ0) is 26.7. The van der Waals surface area contributed by atoms with Crippen LogP contribution in [0.2, 0.25) is 0 Å². The molecule has 0 fully saturated rings. The molecule has 3 aromatic rings. The molecule has 0 aliphatic rings. The van der Waals surface area contributed by atoms with Crippen molar-refractivity contribution in [1.82, 2.24) is 9.21 Å². The van der Waals surface area contributed by atoms with Crippen LogP contribution in [0.15, 0.2) is 76.6 Å². The van der Waals surface area contributed by atoms with E-state index in [1.807, 2.05) is 25.1 Å². The normalized spacial score (nSPS) is 11.9. The van der Waals surface area contributed by atoms with E-state index in [4.69, 9.17) is 9.15 Å². The number of amides is 1. The van der Waals surface area contributed by atoms with Crippen LogP contribution < -0.4 is 0 Å². The van der Waals surface area contributed by atoms with Crippen molar-refractivity contribution in [3.05, 3.63) is 101 Å². The first kappa shape index (κ1) is 28.3. The van der Waals surface area contributed by atoms with Crippen LogP contribution >= 0.6 is 0 Å². The minimum Gasteiger partial charge on any atom is -0.464 e. The van der Waals surface area contributed by atoms with Gasteiger partial charge < -0.3 is 14.1 Å². The van der Waals surface area contributed by atoms with E-state index in [9.17, 15) is 17.6 Å². The quantitative estimate of drug-likeness (QED) is 0.276. The molecule has 3 rings (SSSR count). The highest BCUT2D eigenvalue weighted by Crippen LogP contribution is 2.16. The van der Waals surface area contributed by atoms with Crippen molar-refractivity contribution < 1.29 is 26.8 Å². The van der Waals surface area contributed by atoms with Crippen LogP contribution in [0.1, 0.15) is 36.0 Å². The Bertz CT molecular complexity index is 1260. The maximum atomic E-state index is 13.5. The summed E-state index contributed by atoms with van der Waals surface area (Å²) in [6.07, 6.45) is 1.95. The largest absolute Gasteiger partial charge is 0.464 e. The predicted octanol–water partition coefficient (Wildman–Crippen LogP) is 4.99. The molecular formula is C28H33FN2O5S. The summed E-state index contributed by atoms with van der Waals surface area (Å²) in [4.78, 5) is 15.0. The summed E-state index contributed by atoms with van der Waals surface area (Å²) in [6, 6.07) is 18.5. The number of nitrogens with zero attached hydrogens (tertiary/aromatic N) is 2. The minimum absolute atomic E-state index is 0.122. The second kappa shape index (κ2) is 13.9. The Balaban J connectivity index is 1.82. The Labute approximate surface area is 218 Å². The van der Waals surface area contributed by atoms with Gasteiger partial charge in [0.15, 0.2) is 0 Å². The van der Waals surface area contributed by atoms with Crippen LogP contribution in [0, 0.1) is 12.7 Å². The van der Waals surface area contributed by atoms with Gasteiger partial charge in [0.2, 0.25) is 15.9 Å². The van der Waals surface area contributed by atoms with Gasteiger partial charge in [0.05, 0.1) is 13.1 Å². The Morgan fingerprint density at radius 3 is 2.41 bits per heavy atom. The van der Waals surface area contributed by atoms with Crippen molar-refractivity contribution in [2.45, 2.75) is 33.4 Å². The lowest BCUT2D eigenvalue weighted by molar-refractivity contribution is -0.133. The summed E-state index contributed by atoms with van der Waals surface area (Å²) in [5, 5.41) is 1.12. The summed E-state index contributed by atoms with van der Waals surface area (Å²) in [7, 11) is -3.91. The second-order valence-corrected chi connectivity index (χ2v) is 10.3. The predicted molar refractivity (Wildman–Crippen MR) is 141 cm³/mol. The van der Waals surface area contributed by atoms with E-state index in [2.05, 4.69) is 0 Å². The summed E-state index contributed by atoms with van der Waals surface area (Å²) in [6.45, 7) is 4.66. The van der Waals surface area contributed by atoms with E-state index in [-0.39, 0.29) is 32.0 Å². The number of carbonyl (C=O) groups excluding carboxylic acids is 1. The van der Waals surface area contributed by atoms with Gasteiger partial charge in [-0.1, -0.05) is 42.5 Å². The molecule has 0 atom stereocenters. The minimum atomic E-state index is -3.91. The monoisotopic (exact) mass is 528 g/mol. The Morgan fingerprint density at radius 1 is 1.03 bits per heavy atom. The molecule has 9 heteroatoms. The fraction of sp³-hybridized carbons (Fsp3) is 0.321. The third-order valence-electron chi connectivity index (χ3n) is 5.59. The third-order valence-corrected chi connectivity index (χ3v) is 7.10. The number of halogens is 1. The van der Waals surface area contributed by atoms with Crippen molar-refractivity contribution in [1.29, 1.82) is 0 Å². The zero-order valence-electron chi connectivity index (χ0n) is 21.2. The lowest BCUT2D eigenvalue weighted by Gasteiger charge is -2.26. The molecule has 1 heterocycles. The molecule has 0 aliphatic carbocycles. The van der Waals surface area contributed by atoms with Gasteiger partial charge in [-0.15, -0.1) is 0 Å². The van der Waals surface area contributed by atoms with Crippen LogP contribution in [0.3, 0.4) is 0 Å². The average Bonchev–Trinajstić information content (AvgIpc) is 3.30. The van der Waals surface area contributed by atoms with E-state index >= 15 is 0 Å². The number of carbonyl (C=O) groups is 1. The number of furan rings is 1. The van der Waals surface area contributed by atoms with Gasteiger partial charge in [0.1, 0.15) is 17.3 Å². The molecule has 0 spiro atoms. The molecule has 1 amide bonds. The molecule has 0 aliphatic heterocycles. The summed E-state index contributed by atoms with van der Waals surface area (Å²) < 4.78 is 52.1. The van der Waals surface area contributed by atoms with E-state index in [1.54, 1.807) is 43.3 Å². The molecule has 0 radical (unpaired) electrons. The summed E-state index contributed by atoms with van der Waals surface area (Å²) >= 11 is 0. The molecule has 0 N–H and O–H groups in total. The first-order chi connectivity index (χ1) is 17.8. The van der Waals surface area contributed by atoms with Crippen molar-refractivity contribution in [3.63, 3.8) is 0 Å². The van der Waals surface area contributed by atoms with Gasteiger partial charge in [0.25, 0.3) is 0 Å². The van der Waals surface area contributed by atoms with E-state index in [0.717, 1.165) is 11.0 Å². The molecule has 2 aromatic carbocycles. The highest BCUT2D eigenvalue weighted by molar-refractivity contribution is 7.92. The maximum absolute atomic E-state index is 13.5. The summed E-state index contributed by atoms with van der Waals surface area (Å²) in [5.74, 6) is 0.504. The van der Waals surface area contributed by atoms with E-state index < -0.39 is 15.9 Å². The lowest BCUT2D eigenvalue weighted by Crippen LogP contribution is -2.42. The second-order valence-electron chi connectivity index (χ2n) is 8.53. The van der Waals surface area contributed by atoms with Gasteiger partial charge >= 0.3 is 0 Å². The van der Waals surface area contributed by atoms with Crippen molar-refractivity contribution in [2.75, 3.05) is 26.3 Å². The molecule has 0 saturated heterocycles. The van der Waals surface area contributed by atoms with Crippen molar-refractivity contribution in [2.24, 2.45) is 0 Å². The number of rotatable bonds is 14. The van der Waals surface area contributed by atoms with Crippen LogP contribution in [0.5, 0.6) is 0 Å². The molecule has 0 bridgehead atoms. The van der Waals surface area contributed by atoms with Crippen LogP contribution in [0.4, 0.5) is 4.39 Å². The first-order valence-electron chi connectivity index (χ1n) is 12.2. The molecule has 1 aromatic heterocycles. The molecule has 7 nitrogen and oxygen atoms in total. The van der Waals surface area contributed by atoms with E-state index in [1.165, 1.54) is 27.4 Å². The third kappa shape index (κ3) is 9.27. The molecular weight excluding hydrogens is 495 g/mol. The Hall–Kier alpha value is -3.27. The van der Waals surface area contributed by atoms with E-state index in [0.29, 0.717) is 36.7 Å². The van der Waals surface area contributed by atoms with Gasteiger partial charge in [-0.2, -0.15) is 4.31 Å².